The largest absolute Gasteiger partial charge is 0.491 e. The summed E-state index contributed by atoms with van der Waals surface area (Å²) in [5.41, 5.74) is 5.52. The first-order chi connectivity index (χ1) is 13.0. The van der Waals surface area contributed by atoms with Gasteiger partial charge in [-0.25, -0.2) is 4.98 Å². The van der Waals surface area contributed by atoms with E-state index in [0.29, 0.717) is 26.4 Å². The Hall–Kier alpha value is -2.59. The van der Waals surface area contributed by atoms with E-state index in [0.717, 1.165) is 28.1 Å². The molecule has 3 aromatic rings. The Morgan fingerprint density at radius 3 is 2.30 bits per heavy atom. The average Bonchev–Trinajstić information content (AvgIpc) is 2.64. The molecule has 2 aromatic carbocycles. The minimum absolute atomic E-state index is 0.483. The lowest BCUT2D eigenvalue weighted by Gasteiger charge is -2.13. The fourth-order valence-electron chi connectivity index (χ4n) is 3.01. The summed E-state index contributed by atoms with van der Waals surface area (Å²) in [5, 5.41) is 1.08. The number of fused-ring (bicyclic) bond motifs is 1. The van der Waals surface area contributed by atoms with Crippen molar-refractivity contribution in [1.82, 2.24) is 4.98 Å². The van der Waals surface area contributed by atoms with Gasteiger partial charge in [0.05, 0.1) is 13.2 Å². The van der Waals surface area contributed by atoms with Crippen molar-refractivity contribution in [2.24, 2.45) is 0 Å². The molecule has 0 aliphatic heterocycles. The van der Waals surface area contributed by atoms with Crippen molar-refractivity contribution in [2.45, 2.75) is 27.7 Å². The molecule has 0 fully saturated rings. The van der Waals surface area contributed by atoms with Gasteiger partial charge in [0, 0.05) is 11.1 Å². The first-order valence-corrected chi connectivity index (χ1v) is 9.32. The number of ether oxygens (including phenoxy) is 3. The number of para-hydroxylation sites is 1. The van der Waals surface area contributed by atoms with Crippen LogP contribution in [-0.4, -0.2) is 31.4 Å². The third kappa shape index (κ3) is 4.98. The first-order valence-electron chi connectivity index (χ1n) is 9.32. The Bertz CT molecular complexity index is 921. The van der Waals surface area contributed by atoms with Gasteiger partial charge in [0.1, 0.15) is 30.2 Å². The van der Waals surface area contributed by atoms with Crippen LogP contribution in [0.25, 0.3) is 10.9 Å². The number of benzene rings is 2. The zero-order valence-electron chi connectivity index (χ0n) is 16.5. The van der Waals surface area contributed by atoms with E-state index in [1.807, 2.05) is 31.2 Å². The van der Waals surface area contributed by atoms with E-state index < -0.39 is 0 Å². The minimum atomic E-state index is 0.483. The van der Waals surface area contributed by atoms with Crippen LogP contribution < -0.4 is 9.47 Å². The summed E-state index contributed by atoms with van der Waals surface area (Å²) in [6.45, 7) is 10.3. The van der Waals surface area contributed by atoms with E-state index in [2.05, 4.69) is 44.0 Å². The summed E-state index contributed by atoms with van der Waals surface area (Å²) in [7, 11) is 0. The normalized spacial score (nSPS) is 11.0. The van der Waals surface area contributed by atoms with Crippen LogP contribution in [0.4, 0.5) is 0 Å². The summed E-state index contributed by atoms with van der Waals surface area (Å²) in [4.78, 5) is 4.57. The Balaban J connectivity index is 1.42. The lowest BCUT2D eigenvalue weighted by Crippen LogP contribution is -2.12. The molecular formula is C23H27NO3. The zero-order chi connectivity index (χ0) is 19.2. The van der Waals surface area contributed by atoms with Gasteiger partial charge in [-0.05, 0) is 62.6 Å². The van der Waals surface area contributed by atoms with Gasteiger partial charge in [0.15, 0.2) is 0 Å². The van der Waals surface area contributed by atoms with Crippen molar-refractivity contribution in [3.8, 4) is 11.5 Å². The highest BCUT2D eigenvalue weighted by molar-refractivity contribution is 5.84. The van der Waals surface area contributed by atoms with Gasteiger partial charge in [-0.1, -0.05) is 24.3 Å². The second-order valence-electron chi connectivity index (χ2n) is 6.79. The summed E-state index contributed by atoms with van der Waals surface area (Å²) < 4.78 is 17.4. The fraction of sp³-hybridized carbons (Fsp3) is 0.348. The van der Waals surface area contributed by atoms with Crippen LogP contribution in [0.3, 0.4) is 0 Å². The molecule has 0 aliphatic carbocycles. The number of hydrogen-bond donors (Lipinski definition) is 0. The van der Waals surface area contributed by atoms with Crippen molar-refractivity contribution in [3.05, 3.63) is 64.8 Å². The van der Waals surface area contributed by atoms with Crippen molar-refractivity contribution < 1.29 is 14.2 Å². The second-order valence-corrected chi connectivity index (χ2v) is 6.79. The molecule has 4 heteroatoms. The molecule has 0 atom stereocenters. The van der Waals surface area contributed by atoms with Gasteiger partial charge in [-0.15, -0.1) is 0 Å². The summed E-state index contributed by atoms with van der Waals surface area (Å²) in [6.07, 6.45) is 0. The third-order valence-corrected chi connectivity index (χ3v) is 4.56. The Kier molecular flexibility index (Phi) is 6.30. The van der Waals surface area contributed by atoms with Gasteiger partial charge < -0.3 is 14.2 Å². The maximum absolute atomic E-state index is 5.86. The molecule has 0 amide bonds. The molecule has 142 valence electrons. The van der Waals surface area contributed by atoms with Crippen LogP contribution >= 0.6 is 0 Å². The minimum Gasteiger partial charge on any atom is -0.491 e. The topological polar surface area (TPSA) is 40.6 Å². The molecule has 0 unspecified atom stereocenters. The molecule has 3 rings (SSSR count). The highest BCUT2D eigenvalue weighted by atomic mass is 16.5. The fourth-order valence-corrected chi connectivity index (χ4v) is 3.01. The van der Waals surface area contributed by atoms with E-state index in [1.54, 1.807) is 0 Å². The van der Waals surface area contributed by atoms with Gasteiger partial charge in [0.25, 0.3) is 0 Å². The predicted molar refractivity (Wildman–Crippen MR) is 109 cm³/mol. The molecule has 1 heterocycles. The predicted octanol–water partition coefficient (Wildman–Crippen LogP) is 4.94. The smallest absolute Gasteiger partial charge is 0.145 e. The molecule has 0 bridgehead atoms. The molecule has 0 radical (unpaired) electrons. The molecule has 0 saturated carbocycles. The molecule has 1 aromatic heterocycles. The van der Waals surface area contributed by atoms with E-state index in [4.69, 9.17) is 14.2 Å². The Morgan fingerprint density at radius 2 is 1.52 bits per heavy atom. The van der Waals surface area contributed by atoms with Crippen molar-refractivity contribution >= 4 is 10.9 Å². The maximum atomic E-state index is 5.86. The molecule has 0 N–H and O–H groups in total. The van der Waals surface area contributed by atoms with Crippen LogP contribution in [0.2, 0.25) is 0 Å². The SMILES string of the molecule is Cc1cc(C)c(C)c(OCCOCCOc2cccc3ccc(C)nc23)c1. The van der Waals surface area contributed by atoms with Crippen LogP contribution in [0.15, 0.2) is 42.5 Å². The molecule has 0 spiro atoms. The highest BCUT2D eigenvalue weighted by Gasteiger charge is 2.05. The van der Waals surface area contributed by atoms with E-state index in [9.17, 15) is 0 Å². The number of hydrogen-bond acceptors (Lipinski definition) is 4. The monoisotopic (exact) mass is 365 g/mol. The van der Waals surface area contributed by atoms with E-state index in [-0.39, 0.29) is 0 Å². The number of aromatic nitrogens is 1. The lowest BCUT2D eigenvalue weighted by atomic mass is 10.1. The summed E-state index contributed by atoms with van der Waals surface area (Å²) in [5.74, 6) is 1.73. The lowest BCUT2D eigenvalue weighted by molar-refractivity contribution is 0.0765. The molecule has 0 saturated heterocycles. The quantitative estimate of drug-likeness (QED) is 0.530. The third-order valence-electron chi connectivity index (χ3n) is 4.56. The van der Waals surface area contributed by atoms with Crippen molar-refractivity contribution in [3.63, 3.8) is 0 Å². The van der Waals surface area contributed by atoms with E-state index >= 15 is 0 Å². The van der Waals surface area contributed by atoms with Gasteiger partial charge in [0.2, 0.25) is 0 Å². The van der Waals surface area contributed by atoms with Crippen molar-refractivity contribution in [1.29, 1.82) is 0 Å². The molecule has 4 nitrogen and oxygen atoms in total. The maximum Gasteiger partial charge on any atom is 0.145 e. The number of nitrogens with zero attached hydrogens (tertiary/aromatic N) is 1. The molecule has 0 aliphatic rings. The average molecular weight is 365 g/mol. The molecular weight excluding hydrogens is 338 g/mol. The molecule has 27 heavy (non-hydrogen) atoms. The van der Waals surface area contributed by atoms with Crippen LogP contribution in [0.1, 0.15) is 22.4 Å². The van der Waals surface area contributed by atoms with Crippen LogP contribution in [-0.2, 0) is 4.74 Å². The summed E-state index contributed by atoms with van der Waals surface area (Å²) >= 11 is 0. The van der Waals surface area contributed by atoms with Gasteiger partial charge >= 0.3 is 0 Å². The van der Waals surface area contributed by atoms with Crippen LogP contribution in [0, 0.1) is 27.7 Å². The Morgan fingerprint density at radius 1 is 0.778 bits per heavy atom. The second kappa shape index (κ2) is 8.87. The standard InChI is InChI=1S/C23H27NO3/c1-16-14-17(2)19(4)22(15-16)27-13-11-25-10-12-26-21-7-5-6-20-9-8-18(3)24-23(20)21/h5-9,14-15H,10-13H2,1-4H3. The van der Waals surface area contributed by atoms with Gasteiger partial charge in [-0.3, -0.25) is 0 Å². The number of aryl methyl sites for hydroxylation is 3. The van der Waals surface area contributed by atoms with E-state index in [1.165, 1.54) is 16.7 Å². The summed E-state index contributed by atoms with van der Waals surface area (Å²) in [6, 6.07) is 14.3. The number of pyridine rings is 1. The highest BCUT2D eigenvalue weighted by Crippen LogP contribution is 2.24. The first kappa shape index (κ1) is 19.2. The zero-order valence-corrected chi connectivity index (χ0v) is 16.5. The van der Waals surface area contributed by atoms with Crippen LogP contribution in [0.5, 0.6) is 11.5 Å². The van der Waals surface area contributed by atoms with Crippen molar-refractivity contribution in [2.75, 3.05) is 26.4 Å². The Labute approximate surface area is 161 Å². The van der Waals surface area contributed by atoms with Gasteiger partial charge in [-0.2, -0.15) is 0 Å². The number of rotatable bonds is 8.